The van der Waals surface area contributed by atoms with Crippen LogP contribution in [0.2, 0.25) is 5.02 Å². The molecule has 1 atom stereocenters. The molecule has 0 saturated heterocycles. The summed E-state index contributed by atoms with van der Waals surface area (Å²) in [5, 5.41) is -0.890. The first-order valence-corrected chi connectivity index (χ1v) is 8.46. The number of hydrogen-bond acceptors (Lipinski definition) is 4. The molecule has 2 aromatic rings. The minimum atomic E-state index is -4.94. The van der Waals surface area contributed by atoms with Crippen LogP contribution in [0.4, 0.5) is 17.6 Å². The second-order valence-electron chi connectivity index (χ2n) is 5.44. The Balaban J connectivity index is 2.73. The van der Waals surface area contributed by atoms with Crippen molar-refractivity contribution in [3.63, 3.8) is 0 Å². The number of nitrogens with zero attached hydrogens (tertiary/aromatic N) is 2. The molecule has 0 aliphatic carbocycles. The van der Waals surface area contributed by atoms with Gasteiger partial charge in [0.25, 0.3) is 5.56 Å². The molecule has 1 unspecified atom stereocenters. The van der Waals surface area contributed by atoms with E-state index in [1.54, 1.807) is 0 Å². The molecule has 146 valence electrons. The van der Waals surface area contributed by atoms with Crippen LogP contribution in [-0.4, -0.2) is 20.3 Å². The van der Waals surface area contributed by atoms with Crippen LogP contribution in [0.5, 0.6) is 0 Å². The van der Waals surface area contributed by atoms with Crippen LogP contribution in [0.1, 0.15) is 12.6 Å². The Morgan fingerprint density at radius 1 is 1.26 bits per heavy atom. The molecule has 0 aliphatic heterocycles. The third-order valence-corrected chi connectivity index (χ3v) is 5.16. The molecule has 6 nitrogen and oxygen atoms in total. The number of amides is 1. The lowest BCUT2D eigenvalue weighted by molar-refractivity contribution is -0.144. The minimum Gasteiger partial charge on any atom is -0.369 e. The lowest BCUT2D eigenvalue weighted by atomic mass is 10.3. The van der Waals surface area contributed by atoms with E-state index in [1.165, 1.54) is 6.92 Å². The predicted molar refractivity (Wildman–Crippen MR) is 91.8 cm³/mol. The molecule has 0 bridgehead atoms. The van der Waals surface area contributed by atoms with Gasteiger partial charge in [0, 0.05) is 18.0 Å². The van der Waals surface area contributed by atoms with Gasteiger partial charge in [-0.25, -0.2) is 13.8 Å². The van der Waals surface area contributed by atoms with Gasteiger partial charge in [-0.2, -0.15) is 13.2 Å². The Morgan fingerprint density at radius 3 is 2.37 bits per heavy atom. The number of halogens is 5. The Bertz CT molecular complexity index is 1030. The first kappa shape index (κ1) is 21.0. The van der Waals surface area contributed by atoms with E-state index < -0.39 is 45.8 Å². The molecule has 27 heavy (non-hydrogen) atoms. The van der Waals surface area contributed by atoms with Crippen molar-refractivity contribution in [1.82, 2.24) is 9.13 Å². The van der Waals surface area contributed by atoms with Gasteiger partial charge in [0.05, 0.1) is 16.0 Å². The molecular weight excluding hydrogens is 414 g/mol. The topological polar surface area (TPSA) is 87.1 Å². The Morgan fingerprint density at radius 2 is 1.85 bits per heavy atom. The van der Waals surface area contributed by atoms with E-state index in [1.807, 2.05) is 0 Å². The highest BCUT2D eigenvalue weighted by molar-refractivity contribution is 8.00. The Hall–Kier alpha value is -2.27. The first-order valence-electron chi connectivity index (χ1n) is 7.20. The maximum atomic E-state index is 14.3. The molecule has 0 radical (unpaired) electrons. The predicted octanol–water partition coefficient (Wildman–Crippen LogP) is 2.31. The van der Waals surface area contributed by atoms with Crippen LogP contribution in [0, 0.1) is 5.82 Å². The summed E-state index contributed by atoms with van der Waals surface area (Å²) in [6.07, 6.45) is -4.94. The summed E-state index contributed by atoms with van der Waals surface area (Å²) < 4.78 is 53.5. The number of thioether (sulfide) groups is 1. The highest BCUT2D eigenvalue weighted by Gasteiger charge is 2.35. The van der Waals surface area contributed by atoms with Gasteiger partial charge < -0.3 is 5.73 Å². The number of rotatable bonds is 4. The lowest BCUT2D eigenvalue weighted by Crippen LogP contribution is -2.41. The summed E-state index contributed by atoms with van der Waals surface area (Å²) in [6, 6.07) is 1.97. The van der Waals surface area contributed by atoms with Crippen molar-refractivity contribution in [3.8, 4) is 5.69 Å². The third-order valence-electron chi connectivity index (χ3n) is 3.56. The second kappa shape index (κ2) is 7.39. The van der Waals surface area contributed by atoms with Crippen molar-refractivity contribution < 1.29 is 22.4 Å². The number of carbonyl (C=O) groups excluding carboxylic acids is 1. The highest BCUT2D eigenvalue weighted by atomic mass is 35.5. The fourth-order valence-corrected chi connectivity index (χ4v) is 3.28. The average molecular weight is 426 g/mol. The molecular formula is C15H12ClF4N3O3S. The zero-order chi connectivity index (χ0) is 20.7. The van der Waals surface area contributed by atoms with E-state index in [-0.39, 0.29) is 25.1 Å². The van der Waals surface area contributed by atoms with Crippen LogP contribution >= 0.6 is 23.4 Å². The highest BCUT2D eigenvalue weighted by Crippen LogP contribution is 2.33. The number of hydrogen-bond donors (Lipinski definition) is 1. The smallest absolute Gasteiger partial charge is 0.369 e. The largest absolute Gasteiger partial charge is 0.431 e. The number of nitrogens with two attached hydrogens (primary N) is 1. The van der Waals surface area contributed by atoms with Crippen LogP contribution in [0.15, 0.2) is 32.7 Å². The van der Waals surface area contributed by atoms with Gasteiger partial charge in [-0.3, -0.25) is 14.2 Å². The number of alkyl halides is 3. The number of carbonyl (C=O) groups is 1. The normalized spacial score (nSPS) is 12.9. The molecule has 2 N–H and O–H groups in total. The van der Waals surface area contributed by atoms with Gasteiger partial charge in [-0.15, -0.1) is 11.8 Å². The third kappa shape index (κ3) is 4.19. The van der Waals surface area contributed by atoms with Gasteiger partial charge >= 0.3 is 11.9 Å². The van der Waals surface area contributed by atoms with Crippen LogP contribution in [0.3, 0.4) is 0 Å². The standard InChI is InChI=1S/C15H12ClF4N3O3S/c1-6(13(21)25)27-10-4-9(8(17)3-7(10)16)23-12(24)5-11(15(18,19)20)22(2)14(23)26/h3-6H,1-2H3,(H2,21,25). The lowest BCUT2D eigenvalue weighted by Gasteiger charge is -2.16. The fraction of sp³-hybridized carbons (Fsp3) is 0.267. The fourth-order valence-electron chi connectivity index (χ4n) is 2.15. The summed E-state index contributed by atoms with van der Waals surface area (Å²) in [4.78, 5) is 35.7. The summed E-state index contributed by atoms with van der Waals surface area (Å²) in [5.41, 5.74) is 0.312. The van der Waals surface area contributed by atoms with E-state index in [0.29, 0.717) is 0 Å². The van der Waals surface area contributed by atoms with Crippen LogP contribution in [-0.2, 0) is 18.0 Å². The molecule has 0 aliphatic rings. The summed E-state index contributed by atoms with van der Waals surface area (Å²) in [7, 11) is 0.805. The van der Waals surface area contributed by atoms with Gasteiger partial charge in [0.2, 0.25) is 5.91 Å². The van der Waals surface area contributed by atoms with Crippen molar-refractivity contribution in [2.45, 2.75) is 23.2 Å². The number of primary amides is 1. The van der Waals surface area contributed by atoms with E-state index >= 15 is 0 Å². The van der Waals surface area contributed by atoms with Crippen molar-refractivity contribution in [3.05, 3.63) is 55.6 Å². The van der Waals surface area contributed by atoms with Crippen LogP contribution < -0.4 is 17.0 Å². The molecule has 2 rings (SSSR count). The maximum absolute atomic E-state index is 14.3. The van der Waals surface area contributed by atoms with Crippen molar-refractivity contribution in [2.24, 2.45) is 12.8 Å². The van der Waals surface area contributed by atoms with Gasteiger partial charge in [0.15, 0.2) is 0 Å². The zero-order valence-corrected chi connectivity index (χ0v) is 15.4. The summed E-state index contributed by atoms with van der Waals surface area (Å²) in [6.45, 7) is 1.45. The minimum absolute atomic E-state index is 0.119. The van der Waals surface area contributed by atoms with Gasteiger partial charge in [0.1, 0.15) is 11.5 Å². The van der Waals surface area contributed by atoms with Gasteiger partial charge in [-0.1, -0.05) is 11.6 Å². The zero-order valence-electron chi connectivity index (χ0n) is 13.8. The number of benzene rings is 1. The molecule has 1 amide bonds. The SMILES string of the molecule is CC(Sc1cc(-n2c(=O)cc(C(F)(F)F)n(C)c2=O)c(F)cc1Cl)C(N)=O. The van der Waals surface area contributed by atoms with Gasteiger partial charge in [-0.05, 0) is 19.1 Å². The molecule has 1 aromatic carbocycles. The van der Waals surface area contributed by atoms with E-state index in [4.69, 9.17) is 17.3 Å². The average Bonchev–Trinajstić information content (AvgIpc) is 2.53. The van der Waals surface area contributed by atoms with Crippen molar-refractivity contribution in [1.29, 1.82) is 0 Å². The summed E-state index contributed by atoms with van der Waals surface area (Å²) in [5.74, 6) is -1.79. The summed E-state index contributed by atoms with van der Waals surface area (Å²) >= 11 is 6.74. The first-order chi connectivity index (χ1) is 12.3. The maximum Gasteiger partial charge on any atom is 0.431 e. The van der Waals surface area contributed by atoms with E-state index in [0.717, 1.165) is 30.9 Å². The molecule has 1 heterocycles. The van der Waals surface area contributed by atoms with Crippen molar-refractivity contribution in [2.75, 3.05) is 0 Å². The molecule has 0 saturated carbocycles. The van der Waals surface area contributed by atoms with Crippen molar-refractivity contribution >= 4 is 29.3 Å². The molecule has 0 fully saturated rings. The Kier molecular flexibility index (Phi) is 5.76. The quantitative estimate of drug-likeness (QED) is 0.601. The second-order valence-corrected chi connectivity index (χ2v) is 7.23. The molecule has 12 heteroatoms. The van der Waals surface area contributed by atoms with E-state index in [2.05, 4.69) is 0 Å². The van der Waals surface area contributed by atoms with E-state index in [9.17, 15) is 31.9 Å². The monoisotopic (exact) mass is 425 g/mol. The Labute approximate surface area is 158 Å². The molecule has 1 aromatic heterocycles. The number of aromatic nitrogens is 2. The van der Waals surface area contributed by atoms with Crippen LogP contribution in [0.25, 0.3) is 5.69 Å². The molecule has 0 spiro atoms.